The molecule has 0 aromatic rings. The van der Waals surface area contributed by atoms with E-state index in [9.17, 15) is 9.90 Å². The van der Waals surface area contributed by atoms with Gasteiger partial charge in [0.25, 0.3) is 0 Å². The van der Waals surface area contributed by atoms with Crippen molar-refractivity contribution in [2.45, 2.75) is 84.5 Å². The van der Waals surface area contributed by atoms with Crippen LogP contribution in [0, 0.1) is 0 Å². The Labute approximate surface area is 177 Å². The zero-order valence-electron chi connectivity index (χ0n) is 19.7. The molecule has 0 aliphatic carbocycles. The van der Waals surface area contributed by atoms with E-state index >= 15 is 0 Å². The van der Waals surface area contributed by atoms with E-state index < -0.39 is 48.3 Å². The van der Waals surface area contributed by atoms with E-state index in [4.69, 9.17) is 21.2 Å². The average molecular weight is 486 g/mol. The fourth-order valence-corrected chi connectivity index (χ4v) is 27.2. The molecule has 28 heavy (non-hydrogen) atoms. The van der Waals surface area contributed by atoms with Crippen molar-refractivity contribution in [3.63, 3.8) is 0 Å². The lowest BCUT2D eigenvalue weighted by molar-refractivity contribution is -0.148. The minimum atomic E-state index is -2.41. The minimum Gasteiger partial charge on any atom is -0.437 e. The third-order valence-corrected chi connectivity index (χ3v) is 21.4. The first-order valence-electron chi connectivity index (χ1n) is 9.83. The number of rotatable bonds is 14. The van der Waals surface area contributed by atoms with Crippen LogP contribution >= 0.6 is 0 Å². The zero-order valence-corrected chi connectivity index (χ0v) is 24.7. The fourth-order valence-electron chi connectivity index (χ4n) is 3.46. The maximum atomic E-state index is 10.4. The van der Waals surface area contributed by atoms with E-state index in [0.29, 0.717) is 6.61 Å². The fraction of sp³-hybridized carbons (Fsp3) is 0.938. The topological polar surface area (TPSA) is 83.1 Å². The Morgan fingerprint density at radius 2 is 1.11 bits per heavy atom. The summed E-state index contributed by atoms with van der Waals surface area (Å²) in [6.07, 6.45) is 0.762. The van der Waals surface area contributed by atoms with Gasteiger partial charge in [-0.15, -0.1) is 0 Å². The summed E-state index contributed by atoms with van der Waals surface area (Å²) in [5.74, 6) is -1.19. The summed E-state index contributed by atoms with van der Waals surface area (Å²) in [6, 6.07) is 0.877. The molecule has 0 aliphatic heterocycles. The second kappa shape index (κ2) is 10.6. The molecule has 1 radical (unpaired) electrons. The maximum absolute atomic E-state index is 10.4. The summed E-state index contributed by atoms with van der Waals surface area (Å²) in [7, 11) is -10.7. The van der Waals surface area contributed by atoms with Gasteiger partial charge < -0.3 is 21.2 Å². The van der Waals surface area contributed by atoms with Crippen molar-refractivity contribution in [1.82, 2.24) is 0 Å². The van der Waals surface area contributed by atoms with E-state index in [0.717, 1.165) is 12.5 Å². The lowest BCUT2D eigenvalue weighted by Gasteiger charge is -2.42. The molecule has 0 rings (SSSR count). The van der Waals surface area contributed by atoms with E-state index in [-0.39, 0.29) is 6.61 Å². The highest BCUT2D eigenvalue weighted by molar-refractivity contribution is 6.90. The molecule has 7 nitrogen and oxygen atoms in total. The monoisotopic (exact) mass is 485 g/mol. The normalized spacial score (nSPS) is 14.4. The molecule has 0 aliphatic rings. The van der Waals surface area contributed by atoms with Crippen LogP contribution in [0.25, 0.3) is 0 Å². The summed E-state index contributed by atoms with van der Waals surface area (Å²) in [5, 5.41) is 10.4. The molecule has 167 valence electrons. The van der Waals surface area contributed by atoms with Crippen LogP contribution in [0.15, 0.2) is 0 Å². The number of hydrogen-bond donors (Lipinski definition) is 0. The van der Waals surface area contributed by atoms with E-state index in [1.54, 1.807) is 0 Å². The van der Waals surface area contributed by atoms with Crippen LogP contribution in [0.5, 0.6) is 0 Å². The van der Waals surface area contributed by atoms with Crippen LogP contribution in [-0.4, -0.2) is 61.5 Å². The molecule has 0 atom stereocenters. The Hall–Kier alpha value is 0.354. The molecule has 12 heteroatoms. The van der Waals surface area contributed by atoms with Crippen molar-refractivity contribution < 1.29 is 31.1 Å². The number of hydrogen-bond acceptors (Lipinski definition) is 6. The van der Waals surface area contributed by atoms with Gasteiger partial charge in [0.15, 0.2) is 16.6 Å². The highest BCUT2D eigenvalue weighted by atomic mass is 28.5. The van der Waals surface area contributed by atoms with Crippen molar-refractivity contribution >= 4 is 48.3 Å². The molecule has 0 saturated carbocycles. The second-order valence-electron chi connectivity index (χ2n) is 10.0. The molecule has 0 unspecified atom stereocenters. The minimum absolute atomic E-state index is 0.359. The summed E-state index contributed by atoms with van der Waals surface area (Å²) in [4.78, 5) is 10.4. The van der Waals surface area contributed by atoms with Gasteiger partial charge in [0.2, 0.25) is 0 Å². The Morgan fingerprint density at radius 1 is 0.679 bits per heavy atom. The van der Waals surface area contributed by atoms with E-state index in [1.807, 2.05) is 0 Å². The molecule has 0 saturated heterocycles. The van der Waals surface area contributed by atoms with Crippen LogP contribution < -0.4 is 0 Å². The Kier molecular flexibility index (Phi) is 10.7. The lowest BCUT2D eigenvalue weighted by Crippen LogP contribution is -2.58. The number of ether oxygens (including phenoxy) is 1. The smallest absolute Gasteiger partial charge is 0.380 e. The predicted molar refractivity (Wildman–Crippen MR) is 124 cm³/mol. The molecule has 0 N–H and O–H groups in total. The zero-order chi connectivity index (χ0) is 22.4. The summed E-state index contributed by atoms with van der Waals surface area (Å²) >= 11 is 0. The molecule has 0 amide bonds. The van der Waals surface area contributed by atoms with Crippen molar-refractivity contribution in [3.05, 3.63) is 0 Å². The number of carbonyl (C=O) groups excluding carboxylic acids is 1. The molecule has 0 aromatic heterocycles. The van der Waals surface area contributed by atoms with Gasteiger partial charge in [-0.25, -0.2) is 9.90 Å². The largest absolute Gasteiger partial charge is 0.437 e. The maximum Gasteiger partial charge on any atom is 0.380 e. The molecule has 0 heterocycles. The van der Waals surface area contributed by atoms with Gasteiger partial charge in [-0.1, -0.05) is 0 Å². The van der Waals surface area contributed by atoms with Crippen molar-refractivity contribution in [2.75, 3.05) is 13.2 Å². The third-order valence-electron chi connectivity index (χ3n) is 3.34. The van der Waals surface area contributed by atoms with Crippen molar-refractivity contribution in [3.8, 4) is 0 Å². The van der Waals surface area contributed by atoms with Gasteiger partial charge in [-0.3, -0.25) is 0 Å². The average Bonchev–Trinajstić information content (AvgIpc) is 2.28. The first kappa shape index (κ1) is 28.4. The highest BCUT2D eigenvalue weighted by Crippen LogP contribution is 2.27. The first-order valence-corrected chi connectivity index (χ1v) is 24.8. The second-order valence-corrected chi connectivity index (χ2v) is 29.9. The van der Waals surface area contributed by atoms with E-state index in [2.05, 4.69) is 72.0 Å². The predicted octanol–water partition coefficient (Wildman–Crippen LogP) is 4.56. The van der Waals surface area contributed by atoms with Crippen molar-refractivity contribution in [2.24, 2.45) is 0 Å². The quantitative estimate of drug-likeness (QED) is 0.265. The molecular formula is C16H41O7Si5. The summed E-state index contributed by atoms with van der Waals surface area (Å²) < 4.78 is 30.8. The van der Waals surface area contributed by atoms with Gasteiger partial charge in [-0.2, -0.15) is 0 Å². The van der Waals surface area contributed by atoms with Crippen LogP contribution in [-0.2, 0) is 31.1 Å². The molecular weight excluding hydrogens is 445 g/mol. The molecule has 0 bridgehead atoms. The molecule has 0 fully saturated rings. The Morgan fingerprint density at radius 3 is 1.54 bits per heavy atom. The van der Waals surface area contributed by atoms with Gasteiger partial charge >= 0.3 is 31.7 Å². The third kappa shape index (κ3) is 15.2. The van der Waals surface area contributed by atoms with E-state index in [1.165, 1.54) is 0 Å². The molecule has 0 aromatic carbocycles. The van der Waals surface area contributed by atoms with Crippen LogP contribution in [0.4, 0.5) is 0 Å². The Balaban J connectivity index is 4.71. The standard InChI is InChI=1S/C16H41O7Si5/c1-24(2,3)20-26(6,7)22-28(10,11)23-27(8,9)21-25(4,5)14-12-13-19-15-16(17)18/h12-15H2,1-11H3. The van der Waals surface area contributed by atoms with Gasteiger partial charge in [0.1, 0.15) is 6.61 Å². The van der Waals surface area contributed by atoms with Gasteiger partial charge in [-0.05, 0) is 84.5 Å². The highest BCUT2D eigenvalue weighted by Gasteiger charge is 2.45. The van der Waals surface area contributed by atoms with Gasteiger partial charge in [0, 0.05) is 6.61 Å². The first-order chi connectivity index (χ1) is 12.2. The van der Waals surface area contributed by atoms with Gasteiger partial charge in [0.05, 0.1) is 0 Å². The molecule has 0 spiro atoms. The van der Waals surface area contributed by atoms with Crippen LogP contribution in [0.1, 0.15) is 6.42 Å². The lowest BCUT2D eigenvalue weighted by atomic mass is 10.5. The van der Waals surface area contributed by atoms with Crippen LogP contribution in [0.3, 0.4) is 0 Å². The summed E-state index contributed by atoms with van der Waals surface area (Å²) in [6.45, 7) is 23.3. The summed E-state index contributed by atoms with van der Waals surface area (Å²) in [5.41, 5.74) is 0. The Bertz CT molecular complexity index is 504. The van der Waals surface area contributed by atoms with Crippen LogP contribution in [0.2, 0.25) is 78.1 Å². The van der Waals surface area contributed by atoms with Crippen molar-refractivity contribution in [1.29, 1.82) is 0 Å². The SMILES string of the molecule is C[Si](C)(C)O[Si](C)(C)O[Si](C)(C)O[Si](C)(C)O[Si](C)(C)CCCOCC([O])=O. The number of carbonyl (C=O) groups is 1.